The summed E-state index contributed by atoms with van der Waals surface area (Å²) in [5.74, 6) is 0.985. The van der Waals surface area contributed by atoms with Crippen molar-refractivity contribution in [2.24, 2.45) is 5.92 Å². The second-order valence-electron chi connectivity index (χ2n) is 5.74. The zero-order valence-electron chi connectivity index (χ0n) is 11.7. The third-order valence-electron chi connectivity index (χ3n) is 4.41. The Hall–Kier alpha value is -1.55. The van der Waals surface area contributed by atoms with Crippen LogP contribution in [0.4, 0.5) is 0 Å². The highest BCUT2D eigenvalue weighted by molar-refractivity contribution is 5.77. The Balaban J connectivity index is 1.64. The molecule has 0 atom stereocenters. The number of phenolic OH excluding ortho intramolecular Hbond substituents is 1. The zero-order chi connectivity index (χ0) is 13.9. The summed E-state index contributed by atoms with van der Waals surface area (Å²) in [5.41, 5.74) is 2.08. The maximum atomic E-state index is 12.4. The van der Waals surface area contributed by atoms with E-state index < -0.39 is 0 Å². The predicted octanol–water partition coefficient (Wildman–Crippen LogP) is 2.09. The summed E-state index contributed by atoms with van der Waals surface area (Å²) >= 11 is 0. The maximum Gasteiger partial charge on any atom is 0.223 e. The number of carbonyl (C=O) groups excluding carboxylic acids is 1. The van der Waals surface area contributed by atoms with Gasteiger partial charge in [0.15, 0.2) is 0 Å². The number of hydrogen-bond donors (Lipinski definition) is 1. The van der Waals surface area contributed by atoms with E-state index >= 15 is 0 Å². The number of nitrogens with zero attached hydrogens (tertiary/aromatic N) is 1. The Labute approximate surface area is 119 Å². The van der Waals surface area contributed by atoms with Crippen LogP contribution in [0.5, 0.6) is 5.75 Å². The lowest BCUT2D eigenvalue weighted by atomic mass is 9.94. The van der Waals surface area contributed by atoms with Gasteiger partial charge in [0.05, 0.1) is 0 Å². The smallest absolute Gasteiger partial charge is 0.223 e. The summed E-state index contributed by atoms with van der Waals surface area (Å²) in [6.07, 6.45) is 3.43. The molecule has 1 amide bonds. The van der Waals surface area contributed by atoms with Gasteiger partial charge in [0.25, 0.3) is 0 Å². The monoisotopic (exact) mass is 275 g/mol. The van der Waals surface area contributed by atoms with Crippen molar-refractivity contribution in [1.82, 2.24) is 4.90 Å². The highest BCUT2D eigenvalue weighted by Crippen LogP contribution is 2.28. The molecule has 2 heterocycles. The van der Waals surface area contributed by atoms with Crippen LogP contribution in [-0.2, 0) is 22.5 Å². The molecule has 1 N–H and O–H groups in total. The van der Waals surface area contributed by atoms with E-state index in [1.54, 1.807) is 6.07 Å². The first-order valence-electron chi connectivity index (χ1n) is 7.39. The fourth-order valence-corrected chi connectivity index (χ4v) is 3.10. The Morgan fingerprint density at radius 2 is 2.15 bits per heavy atom. The van der Waals surface area contributed by atoms with Crippen LogP contribution in [0.1, 0.15) is 30.4 Å². The topological polar surface area (TPSA) is 49.8 Å². The first-order valence-corrected chi connectivity index (χ1v) is 7.39. The van der Waals surface area contributed by atoms with Crippen molar-refractivity contribution in [3.8, 4) is 5.75 Å². The van der Waals surface area contributed by atoms with Crippen LogP contribution in [0.2, 0.25) is 0 Å². The standard InChI is InChI=1S/C16H21NO3/c18-15-3-1-2-13-4-7-17(11-14(13)15)16(19)10-12-5-8-20-9-6-12/h1-3,12,18H,4-11H2. The Morgan fingerprint density at radius 3 is 2.95 bits per heavy atom. The average molecular weight is 275 g/mol. The number of rotatable bonds is 2. The summed E-state index contributed by atoms with van der Waals surface area (Å²) in [7, 11) is 0. The molecule has 4 nitrogen and oxygen atoms in total. The molecule has 0 unspecified atom stereocenters. The number of carbonyl (C=O) groups is 1. The zero-order valence-corrected chi connectivity index (χ0v) is 11.7. The summed E-state index contributed by atoms with van der Waals surface area (Å²) in [6, 6.07) is 5.61. The van der Waals surface area contributed by atoms with Gasteiger partial charge in [-0.25, -0.2) is 0 Å². The van der Waals surface area contributed by atoms with Crippen molar-refractivity contribution in [1.29, 1.82) is 0 Å². The highest BCUT2D eigenvalue weighted by atomic mass is 16.5. The number of benzene rings is 1. The fraction of sp³-hybridized carbons (Fsp3) is 0.562. The van der Waals surface area contributed by atoms with Crippen LogP contribution in [-0.4, -0.2) is 35.7 Å². The SMILES string of the molecule is O=C(CC1CCOCC1)N1CCc2cccc(O)c2C1. The van der Waals surface area contributed by atoms with Crippen molar-refractivity contribution in [2.75, 3.05) is 19.8 Å². The largest absolute Gasteiger partial charge is 0.508 e. The van der Waals surface area contributed by atoms with Crippen LogP contribution in [0.15, 0.2) is 18.2 Å². The van der Waals surface area contributed by atoms with E-state index in [0.717, 1.165) is 44.6 Å². The lowest BCUT2D eigenvalue weighted by Crippen LogP contribution is -2.37. The number of aromatic hydroxyl groups is 1. The van der Waals surface area contributed by atoms with E-state index in [-0.39, 0.29) is 5.91 Å². The van der Waals surface area contributed by atoms with Crippen LogP contribution in [0.25, 0.3) is 0 Å². The molecule has 1 aromatic rings. The van der Waals surface area contributed by atoms with Crippen molar-refractivity contribution < 1.29 is 14.6 Å². The minimum Gasteiger partial charge on any atom is -0.508 e. The van der Waals surface area contributed by atoms with E-state index in [1.807, 2.05) is 17.0 Å². The lowest BCUT2D eigenvalue weighted by molar-refractivity contribution is -0.133. The van der Waals surface area contributed by atoms with E-state index in [0.29, 0.717) is 24.6 Å². The van der Waals surface area contributed by atoms with Gasteiger partial charge in [-0.3, -0.25) is 4.79 Å². The second-order valence-corrected chi connectivity index (χ2v) is 5.74. The van der Waals surface area contributed by atoms with E-state index in [9.17, 15) is 9.90 Å². The Kier molecular flexibility index (Phi) is 3.92. The van der Waals surface area contributed by atoms with Crippen molar-refractivity contribution in [3.05, 3.63) is 29.3 Å². The average Bonchev–Trinajstić information content (AvgIpc) is 2.48. The first-order chi connectivity index (χ1) is 9.74. The normalized spacial score (nSPS) is 19.7. The van der Waals surface area contributed by atoms with E-state index in [2.05, 4.69) is 0 Å². The van der Waals surface area contributed by atoms with Gasteiger partial charge >= 0.3 is 0 Å². The Bertz CT molecular complexity index is 494. The molecule has 0 saturated carbocycles. The molecule has 0 spiro atoms. The quantitative estimate of drug-likeness (QED) is 0.899. The first kappa shape index (κ1) is 13.4. The number of ether oxygens (including phenoxy) is 1. The molecule has 1 fully saturated rings. The molecule has 1 aromatic carbocycles. The maximum absolute atomic E-state index is 12.4. The molecule has 0 bridgehead atoms. The van der Waals surface area contributed by atoms with Gasteiger partial charge in [0.2, 0.25) is 5.91 Å². The van der Waals surface area contributed by atoms with Crippen LogP contribution in [0.3, 0.4) is 0 Å². The molecule has 0 aliphatic carbocycles. The van der Waals surface area contributed by atoms with Crippen LogP contribution < -0.4 is 0 Å². The highest BCUT2D eigenvalue weighted by Gasteiger charge is 2.25. The Morgan fingerprint density at radius 1 is 1.35 bits per heavy atom. The number of hydrogen-bond acceptors (Lipinski definition) is 3. The molecular weight excluding hydrogens is 254 g/mol. The number of phenols is 1. The van der Waals surface area contributed by atoms with Gasteiger partial charge in [0.1, 0.15) is 5.75 Å². The third kappa shape index (κ3) is 2.80. The summed E-state index contributed by atoms with van der Waals surface area (Å²) < 4.78 is 5.33. The van der Waals surface area contributed by atoms with Gasteiger partial charge in [-0.2, -0.15) is 0 Å². The number of fused-ring (bicyclic) bond motifs is 1. The minimum absolute atomic E-state index is 0.214. The molecule has 0 radical (unpaired) electrons. The molecule has 0 aromatic heterocycles. The molecule has 108 valence electrons. The molecule has 2 aliphatic heterocycles. The molecule has 3 rings (SSSR count). The third-order valence-corrected chi connectivity index (χ3v) is 4.41. The molecule has 4 heteroatoms. The molecule has 1 saturated heterocycles. The van der Waals surface area contributed by atoms with E-state index in [1.165, 1.54) is 5.56 Å². The second kappa shape index (κ2) is 5.83. The molecular formula is C16H21NO3. The van der Waals surface area contributed by atoms with Crippen molar-refractivity contribution >= 4 is 5.91 Å². The summed E-state index contributed by atoms with van der Waals surface area (Å²) in [4.78, 5) is 14.3. The summed E-state index contributed by atoms with van der Waals surface area (Å²) in [5, 5.41) is 9.92. The van der Waals surface area contributed by atoms with Crippen molar-refractivity contribution in [3.63, 3.8) is 0 Å². The van der Waals surface area contributed by atoms with Gasteiger partial charge in [-0.05, 0) is 36.8 Å². The lowest BCUT2D eigenvalue weighted by Gasteiger charge is -2.31. The van der Waals surface area contributed by atoms with Crippen LogP contribution >= 0.6 is 0 Å². The molecule has 20 heavy (non-hydrogen) atoms. The van der Waals surface area contributed by atoms with Gasteiger partial charge in [0, 0.05) is 38.3 Å². The van der Waals surface area contributed by atoms with Crippen LogP contribution in [0, 0.1) is 5.92 Å². The summed E-state index contributed by atoms with van der Waals surface area (Å²) in [6.45, 7) is 2.87. The van der Waals surface area contributed by atoms with Gasteiger partial charge < -0.3 is 14.7 Å². The fourth-order valence-electron chi connectivity index (χ4n) is 3.10. The number of amides is 1. The van der Waals surface area contributed by atoms with Gasteiger partial charge in [-0.1, -0.05) is 12.1 Å². The van der Waals surface area contributed by atoms with Crippen molar-refractivity contribution in [2.45, 2.75) is 32.2 Å². The molecule has 2 aliphatic rings. The predicted molar refractivity (Wildman–Crippen MR) is 75.4 cm³/mol. The minimum atomic E-state index is 0.214. The van der Waals surface area contributed by atoms with Gasteiger partial charge in [-0.15, -0.1) is 0 Å². The van der Waals surface area contributed by atoms with E-state index in [4.69, 9.17) is 4.74 Å².